The minimum absolute atomic E-state index is 0.158. The van der Waals surface area contributed by atoms with Crippen LogP contribution in [0.25, 0.3) is 0 Å². The molecule has 1 aromatic rings. The molecular formula is C12H19NO3S. The Kier molecular flexibility index (Phi) is 5.44. The van der Waals surface area contributed by atoms with Crippen molar-refractivity contribution >= 4 is 10.0 Å². The van der Waals surface area contributed by atoms with Gasteiger partial charge in [0.05, 0.1) is 5.75 Å². The van der Waals surface area contributed by atoms with Gasteiger partial charge in [0, 0.05) is 6.54 Å². The lowest BCUT2D eigenvalue weighted by Crippen LogP contribution is -2.34. The maximum atomic E-state index is 11.4. The Hall–Kier alpha value is -1.07. The first-order valence-electron chi connectivity index (χ1n) is 5.72. The fourth-order valence-corrected chi connectivity index (χ4v) is 2.53. The first kappa shape index (κ1) is 14.0. The van der Waals surface area contributed by atoms with Crippen LogP contribution in [0.3, 0.4) is 0 Å². The number of sulfonamides is 1. The van der Waals surface area contributed by atoms with Gasteiger partial charge in [-0.15, -0.1) is 0 Å². The molecule has 0 saturated heterocycles. The van der Waals surface area contributed by atoms with Crippen LogP contribution >= 0.6 is 0 Å². The van der Waals surface area contributed by atoms with Crippen molar-refractivity contribution in [2.75, 3.05) is 12.3 Å². The van der Waals surface area contributed by atoms with Gasteiger partial charge < -0.3 is 4.74 Å². The topological polar surface area (TPSA) is 55.4 Å². The van der Waals surface area contributed by atoms with Crippen molar-refractivity contribution in [1.82, 2.24) is 4.72 Å². The van der Waals surface area contributed by atoms with E-state index in [-0.39, 0.29) is 18.4 Å². The van der Waals surface area contributed by atoms with Gasteiger partial charge in [-0.3, -0.25) is 0 Å². The molecule has 0 aliphatic rings. The van der Waals surface area contributed by atoms with E-state index in [1.165, 1.54) is 0 Å². The van der Waals surface area contributed by atoms with Crippen molar-refractivity contribution in [3.63, 3.8) is 0 Å². The van der Waals surface area contributed by atoms with E-state index < -0.39 is 10.0 Å². The Morgan fingerprint density at radius 2 is 1.94 bits per heavy atom. The van der Waals surface area contributed by atoms with Crippen molar-refractivity contribution in [3.05, 3.63) is 30.3 Å². The lowest BCUT2D eigenvalue weighted by atomic mass is 10.3. The standard InChI is InChI=1S/C12H19NO3S/c1-3-9-17(14,15)13-10-11(2)16-12-7-5-4-6-8-12/h4-8,11,13H,3,9-10H2,1-2H3/t11-/m0/s1. The molecule has 0 fully saturated rings. The quantitative estimate of drug-likeness (QED) is 0.810. The monoisotopic (exact) mass is 257 g/mol. The van der Waals surface area contributed by atoms with Crippen LogP contribution in [0.15, 0.2) is 30.3 Å². The fraction of sp³-hybridized carbons (Fsp3) is 0.500. The minimum atomic E-state index is -3.15. The predicted molar refractivity (Wildman–Crippen MR) is 68.6 cm³/mol. The van der Waals surface area contributed by atoms with E-state index in [2.05, 4.69) is 4.72 Å². The third-order valence-electron chi connectivity index (χ3n) is 2.14. The Bertz CT molecular complexity index is 417. The lowest BCUT2D eigenvalue weighted by molar-refractivity contribution is 0.225. The van der Waals surface area contributed by atoms with Gasteiger partial charge in [-0.25, -0.2) is 13.1 Å². The summed E-state index contributed by atoms with van der Waals surface area (Å²) in [5.41, 5.74) is 0. The molecule has 4 nitrogen and oxygen atoms in total. The molecule has 0 radical (unpaired) electrons. The molecular weight excluding hydrogens is 238 g/mol. The summed E-state index contributed by atoms with van der Waals surface area (Å²) in [5.74, 6) is 0.903. The van der Waals surface area contributed by atoms with Gasteiger partial charge in [0.15, 0.2) is 0 Å². The Balaban J connectivity index is 2.38. The molecule has 0 unspecified atom stereocenters. The van der Waals surface area contributed by atoms with Gasteiger partial charge >= 0.3 is 0 Å². The van der Waals surface area contributed by atoms with Gasteiger partial charge in [-0.1, -0.05) is 25.1 Å². The summed E-state index contributed by atoms with van der Waals surface area (Å²) < 4.78 is 30.9. The molecule has 1 N–H and O–H groups in total. The van der Waals surface area contributed by atoms with Crippen LogP contribution in [-0.2, 0) is 10.0 Å². The molecule has 0 spiro atoms. The van der Waals surface area contributed by atoms with Crippen molar-refractivity contribution in [2.45, 2.75) is 26.4 Å². The summed E-state index contributed by atoms with van der Waals surface area (Å²) in [7, 11) is -3.15. The molecule has 0 aliphatic carbocycles. The van der Waals surface area contributed by atoms with E-state index >= 15 is 0 Å². The highest BCUT2D eigenvalue weighted by molar-refractivity contribution is 7.89. The average Bonchev–Trinajstić information content (AvgIpc) is 2.28. The molecule has 5 heteroatoms. The van der Waals surface area contributed by atoms with Crippen molar-refractivity contribution in [2.24, 2.45) is 0 Å². The smallest absolute Gasteiger partial charge is 0.211 e. The van der Waals surface area contributed by atoms with Crippen LogP contribution in [-0.4, -0.2) is 26.8 Å². The van der Waals surface area contributed by atoms with E-state index in [0.29, 0.717) is 6.42 Å². The van der Waals surface area contributed by atoms with E-state index in [9.17, 15) is 8.42 Å². The molecule has 0 aliphatic heterocycles. The van der Waals surface area contributed by atoms with Crippen molar-refractivity contribution in [1.29, 1.82) is 0 Å². The predicted octanol–water partition coefficient (Wildman–Crippen LogP) is 1.78. The van der Waals surface area contributed by atoms with Gasteiger partial charge in [-0.05, 0) is 25.5 Å². The second-order valence-electron chi connectivity index (χ2n) is 3.91. The molecule has 1 atom stereocenters. The molecule has 0 heterocycles. The Morgan fingerprint density at radius 3 is 2.53 bits per heavy atom. The minimum Gasteiger partial charge on any atom is -0.489 e. The van der Waals surface area contributed by atoms with Gasteiger partial charge in [-0.2, -0.15) is 0 Å². The number of ether oxygens (including phenoxy) is 1. The Morgan fingerprint density at radius 1 is 1.29 bits per heavy atom. The van der Waals surface area contributed by atoms with Gasteiger partial charge in [0.25, 0.3) is 0 Å². The SMILES string of the molecule is CCCS(=O)(=O)NC[C@H](C)Oc1ccccc1. The third kappa shape index (κ3) is 5.70. The van der Waals surface area contributed by atoms with E-state index in [1.807, 2.05) is 44.2 Å². The molecule has 17 heavy (non-hydrogen) atoms. The molecule has 0 saturated carbocycles. The maximum Gasteiger partial charge on any atom is 0.211 e. The molecule has 0 aromatic heterocycles. The van der Waals surface area contributed by atoms with E-state index in [0.717, 1.165) is 5.75 Å². The third-order valence-corrected chi connectivity index (χ3v) is 3.70. The fourth-order valence-electron chi connectivity index (χ4n) is 1.36. The van der Waals surface area contributed by atoms with Crippen LogP contribution in [0.2, 0.25) is 0 Å². The first-order valence-corrected chi connectivity index (χ1v) is 7.38. The van der Waals surface area contributed by atoms with Crippen LogP contribution in [0, 0.1) is 0 Å². The number of hydrogen-bond donors (Lipinski definition) is 1. The zero-order valence-electron chi connectivity index (χ0n) is 10.2. The largest absolute Gasteiger partial charge is 0.489 e. The van der Waals surface area contributed by atoms with Crippen LogP contribution < -0.4 is 9.46 Å². The number of nitrogens with one attached hydrogen (secondary N) is 1. The number of hydrogen-bond acceptors (Lipinski definition) is 3. The van der Waals surface area contributed by atoms with Crippen LogP contribution in [0.1, 0.15) is 20.3 Å². The normalized spacial score (nSPS) is 13.3. The summed E-state index contributed by atoms with van der Waals surface area (Å²) in [6, 6.07) is 9.35. The van der Waals surface area contributed by atoms with E-state index in [1.54, 1.807) is 0 Å². The summed E-state index contributed by atoms with van der Waals surface area (Å²) in [5, 5.41) is 0. The summed E-state index contributed by atoms with van der Waals surface area (Å²) in [6.45, 7) is 3.96. The molecule has 1 aromatic carbocycles. The lowest BCUT2D eigenvalue weighted by Gasteiger charge is -2.15. The van der Waals surface area contributed by atoms with Crippen molar-refractivity contribution < 1.29 is 13.2 Å². The summed E-state index contributed by atoms with van der Waals surface area (Å²) >= 11 is 0. The van der Waals surface area contributed by atoms with Crippen LogP contribution in [0.4, 0.5) is 0 Å². The maximum absolute atomic E-state index is 11.4. The zero-order valence-corrected chi connectivity index (χ0v) is 11.0. The highest BCUT2D eigenvalue weighted by Gasteiger charge is 2.11. The first-order chi connectivity index (χ1) is 8.03. The summed E-state index contributed by atoms with van der Waals surface area (Å²) in [6.07, 6.45) is 0.424. The van der Waals surface area contributed by atoms with E-state index in [4.69, 9.17) is 4.74 Å². The second kappa shape index (κ2) is 6.61. The van der Waals surface area contributed by atoms with Gasteiger partial charge in [0.2, 0.25) is 10.0 Å². The van der Waals surface area contributed by atoms with Gasteiger partial charge in [0.1, 0.15) is 11.9 Å². The highest BCUT2D eigenvalue weighted by atomic mass is 32.2. The molecule has 96 valence electrons. The number of benzene rings is 1. The highest BCUT2D eigenvalue weighted by Crippen LogP contribution is 2.10. The average molecular weight is 257 g/mol. The zero-order chi connectivity index (χ0) is 12.7. The van der Waals surface area contributed by atoms with Crippen LogP contribution in [0.5, 0.6) is 5.75 Å². The Labute approximate surface area is 103 Å². The molecule has 0 bridgehead atoms. The number of rotatable bonds is 7. The molecule has 0 amide bonds. The summed E-state index contributed by atoms with van der Waals surface area (Å²) in [4.78, 5) is 0. The second-order valence-corrected chi connectivity index (χ2v) is 5.84. The molecule has 1 rings (SSSR count). The number of para-hydroxylation sites is 1. The van der Waals surface area contributed by atoms with Crippen molar-refractivity contribution in [3.8, 4) is 5.75 Å².